The van der Waals surface area contributed by atoms with Gasteiger partial charge in [0.2, 0.25) is 5.91 Å². The van der Waals surface area contributed by atoms with Crippen LogP contribution in [0.25, 0.3) is 0 Å². The minimum absolute atomic E-state index is 0.219. The normalized spacial score (nSPS) is 14.4. The van der Waals surface area contributed by atoms with Crippen LogP contribution in [-0.4, -0.2) is 22.2 Å². The van der Waals surface area contributed by atoms with Crippen LogP contribution in [0.1, 0.15) is 18.1 Å². The molecule has 2 unspecified atom stereocenters. The second-order valence-electron chi connectivity index (χ2n) is 3.58. The Kier molecular flexibility index (Phi) is 3.97. The maximum absolute atomic E-state index is 13.1. The molecule has 0 saturated heterocycles. The Labute approximate surface area is 95.7 Å². The van der Waals surface area contributed by atoms with Gasteiger partial charge in [0, 0.05) is 0 Å². The van der Waals surface area contributed by atoms with Crippen LogP contribution in [0, 0.1) is 11.6 Å². The van der Waals surface area contributed by atoms with E-state index in [1.165, 1.54) is 0 Å². The zero-order valence-electron chi connectivity index (χ0n) is 8.73. The number of amides is 1. The fourth-order valence-corrected chi connectivity index (χ4v) is 1.31. The molecule has 2 atom stereocenters. The van der Waals surface area contributed by atoms with E-state index in [-0.39, 0.29) is 5.56 Å². The monoisotopic (exact) mass is 246 g/mol. The van der Waals surface area contributed by atoms with Crippen molar-refractivity contribution in [3.05, 3.63) is 29.3 Å². The van der Waals surface area contributed by atoms with Gasteiger partial charge in [0.25, 0.3) is 0 Å². The van der Waals surface area contributed by atoms with Crippen LogP contribution in [0.5, 0.6) is 0 Å². The van der Waals surface area contributed by atoms with Crippen LogP contribution in [0.4, 0.5) is 14.5 Å². The smallest absolute Gasteiger partial charge is 0.220 e. The molecule has 0 saturated carbocycles. The molecule has 0 bridgehead atoms. The highest BCUT2D eigenvalue weighted by Gasteiger charge is 2.22. The molecule has 5 nitrogen and oxygen atoms in total. The highest BCUT2D eigenvalue weighted by molar-refractivity contribution is 5.74. The van der Waals surface area contributed by atoms with Crippen LogP contribution in [0.2, 0.25) is 0 Å². The van der Waals surface area contributed by atoms with Crippen LogP contribution < -0.4 is 11.5 Å². The number of benzene rings is 1. The fraction of sp³-hybridized carbons (Fsp3) is 0.300. The van der Waals surface area contributed by atoms with Gasteiger partial charge in [-0.25, -0.2) is 8.78 Å². The van der Waals surface area contributed by atoms with Crippen molar-refractivity contribution < 1.29 is 23.8 Å². The van der Waals surface area contributed by atoms with E-state index in [4.69, 9.17) is 11.5 Å². The Balaban J connectivity index is 2.96. The molecule has 0 aliphatic rings. The quantitative estimate of drug-likeness (QED) is 0.552. The van der Waals surface area contributed by atoms with Crippen LogP contribution >= 0.6 is 0 Å². The van der Waals surface area contributed by atoms with Crippen molar-refractivity contribution in [2.75, 3.05) is 5.73 Å². The molecule has 0 heterocycles. The summed E-state index contributed by atoms with van der Waals surface area (Å²) in [5.74, 6) is -2.94. The van der Waals surface area contributed by atoms with Crippen molar-refractivity contribution >= 4 is 11.6 Å². The van der Waals surface area contributed by atoms with E-state index >= 15 is 0 Å². The number of halogens is 2. The van der Waals surface area contributed by atoms with Gasteiger partial charge in [-0.2, -0.15) is 0 Å². The van der Waals surface area contributed by atoms with E-state index in [9.17, 15) is 23.8 Å². The second-order valence-corrected chi connectivity index (χ2v) is 3.58. The number of carbonyl (C=O) groups excluding carboxylic acids is 1. The van der Waals surface area contributed by atoms with E-state index in [0.717, 1.165) is 12.1 Å². The summed E-state index contributed by atoms with van der Waals surface area (Å²) < 4.78 is 26.2. The van der Waals surface area contributed by atoms with Crippen LogP contribution in [0.15, 0.2) is 12.1 Å². The van der Waals surface area contributed by atoms with Gasteiger partial charge in [0.1, 0.15) is 23.4 Å². The minimum atomic E-state index is -1.62. The number of aliphatic hydroxyl groups is 2. The van der Waals surface area contributed by atoms with E-state index in [1.807, 2.05) is 0 Å². The highest BCUT2D eigenvalue weighted by atomic mass is 19.1. The molecule has 94 valence electrons. The summed E-state index contributed by atoms with van der Waals surface area (Å²) in [6, 6.07) is 1.57. The number of nitrogen functional groups attached to an aromatic ring is 1. The lowest BCUT2D eigenvalue weighted by Gasteiger charge is -2.17. The lowest BCUT2D eigenvalue weighted by atomic mass is 10.0. The molecular formula is C10H12F2N2O3. The van der Waals surface area contributed by atoms with Crippen molar-refractivity contribution in [2.45, 2.75) is 18.6 Å². The molecule has 17 heavy (non-hydrogen) atoms. The van der Waals surface area contributed by atoms with Crippen LogP contribution in [0.3, 0.4) is 0 Å². The first kappa shape index (κ1) is 13.3. The maximum atomic E-state index is 13.1. The van der Waals surface area contributed by atoms with E-state index in [2.05, 4.69) is 0 Å². The Hall–Kier alpha value is -1.73. The minimum Gasteiger partial charge on any atom is -0.394 e. The van der Waals surface area contributed by atoms with Gasteiger partial charge in [-0.3, -0.25) is 4.79 Å². The standard InChI is InChI=1S/C10H12F2N2O3/c11-5-1-4(2-6(12)9(5)14)10(17)7(15)3-8(13)16/h1-2,7,10,15,17H,3,14H2,(H2,13,16). The summed E-state index contributed by atoms with van der Waals surface area (Å²) in [6.45, 7) is 0. The fourth-order valence-electron chi connectivity index (χ4n) is 1.31. The molecule has 1 amide bonds. The molecule has 0 spiro atoms. The van der Waals surface area contributed by atoms with Gasteiger partial charge in [-0.1, -0.05) is 0 Å². The van der Waals surface area contributed by atoms with Crippen molar-refractivity contribution in [1.29, 1.82) is 0 Å². The Morgan fingerprint density at radius 3 is 2.18 bits per heavy atom. The third-order valence-electron chi connectivity index (χ3n) is 2.22. The summed E-state index contributed by atoms with van der Waals surface area (Å²) in [4.78, 5) is 10.5. The third-order valence-corrected chi connectivity index (χ3v) is 2.22. The first-order chi connectivity index (χ1) is 7.82. The van der Waals surface area contributed by atoms with Gasteiger partial charge in [0.05, 0.1) is 12.5 Å². The number of rotatable bonds is 4. The average Bonchev–Trinajstić information content (AvgIpc) is 2.23. The van der Waals surface area contributed by atoms with Gasteiger partial charge in [0.15, 0.2) is 0 Å². The molecule has 0 radical (unpaired) electrons. The molecule has 0 aliphatic carbocycles. The number of hydrogen-bond donors (Lipinski definition) is 4. The lowest BCUT2D eigenvalue weighted by molar-refractivity contribution is -0.121. The summed E-state index contributed by atoms with van der Waals surface area (Å²) in [7, 11) is 0. The summed E-state index contributed by atoms with van der Waals surface area (Å²) in [5, 5.41) is 18.9. The summed E-state index contributed by atoms with van der Waals surface area (Å²) in [6.07, 6.45) is -3.67. The number of carbonyl (C=O) groups is 1. The first-order valence-corrected chi connectivity index (χ1v) is 4.71. The predicted octanol–water partition coefficient (Wildman–Crippen LogP) is -0.183. The van der Waals surface area contributed by atoms with Crippen molar-refractivity contribution in [2.24, 2.45) is 5.73 Å². The van der Waals surface area contributed by atoms with Gasteiger partial charge in [-0.15, -0.1) is 0 Å². The van der Waals surface area contributed by atoms with Crippen LogP contribution in [-0.2, 0) is 4.79 Å². The molecule has 0 aromatic heterocycles. The van der Waals surface area contributed by atoms with Crippen molar-refractivity contribution in [3.63, 3.8) is 0 Å². The van der Waals surface area contributed by atoms with Gasteiger partial charge >= 0.3 is 0 Å². The Bertz CT molecular complexity index is 417. The third kappa shape index (κ3) is 3.11. The lowest BCUT2D eigenvalue weighted by Crippen LogP contribution is -2.25. The topological polar surface area (TPSA) is 110 Å². The maximum Gasteiger partial charge on any atom is 0.220 e. The molecular weight excluding hydrogens is 234 g/mol. The number of nitrogens with two attached hydrogens (primary N) is 2. The van der Waals surface area contributed by atoms with Crippen molar-refractivity contribution in [3.8, 4) is 0 Å². The zero-order valence-corrected chi connectivity index (χ0v) is 8.73. The Morgan fingerprint density at radius 1 is 1.29 bits per heavy atom. The summed E-state index contributed by atoms with van der Waals surface area (Å²) in [5.41, 5.74) is 8.96. The van der Waals surface area contributed by atoms with E-state index in [1.54, 1.807) is 0 Å². The Morgan fingerprint density at radius 2 is 1.76 bits per heavy atom. The largest absolute Gasteiger partial charge is 0.394 e. The molecule has 7 heteroatoms. The molecule has 6 N–H and O–H groups in total. The zero-order chi connectivity index (χ0) is 13.2. The molecule has 1 aromatic carbocycles. The van der Waals surface area contributed by atoms with E-state index in [0.29, 0.717) is 0 Å². The predicted molar refractivity (Wildman–Crippen MR) is 55.5 cm³/mol. The molecule has 1 rings (SSSR count). The first-order valence-electron chi connectivity index (χ1n) is 4.71. The van der Waals surface area contributed by atoms with E-state index < -0.39 is 41.9 Å². The second kappa shape index (κ2) is 5.07. The molecule has 0 aliphatic heterocycles. The SMILES string of the molecule is NC(=O)CC(O)C(O)c1cc(F)c(N)c(F)c1. The average molecular weight is 246 g/mol. The van der Waals surface area contributed by atoms with Gasteiger partial charge in [-0.05, 0) is 17.7 Å². The molecule has 0 fully saturated rings. The number of hydrogen-bond acceptors (Lipinski definition) is 4. The van der Waals surface area contributed by atoms with Crippen molar-refractivity contribution in [1.82, 2.24) is 0 Å². The molecule has 1 aromatic rings. The number of aliphatic hydroxyl groups excluding tert-OH is 2. The number of anilines is 1. The highest BCUT2D eigenvalue weighted by Crippen LogP contribution is 2.24. The summed E-state index contributed by atoms with van der Waals surface area (Å²) >= 11 is 0. The number of primary amides is 1. The van der Waals surface area contributed by atoms with Gasteiger partial charge < -0.3 is 21.7 Å².